The maximum atomic E-state index is 8.95. The summed E-state index contributed by atoms with van der Waals surface area (Å²) in [5.74, 6) is 0. The smallest absolute Gasteiger partial charge is 0.0638 e. The fourth-order valence-electron chi connectivity index (χ4n) is 2.55. The molecule has 2 rings (SSSR count). The lowest BCUT2D eigenvalue weighted by Gasteiger charge is -2.47. The van der Waals surface area contributed by atoms with Crippen molar-refractivity contribution in [2.45, 2.75) is 38.4 Å². The van der Waals surface area contributed by atoms with Gasteiger partial charge >= 0.3 is 0 Å². The molecule has 1 N–H and O–H groups in total. The number of nitriles is 1. The second kappa shape index (κ2) is 5.47. The van der Waals surface area contributed by atoms with Crippen LogP contribution in [-0.4, -0.2) is 34.6 Å². The number of rotatable bonds is 3. The van der Waals surface area contributed by atoms with Crippen molar-refractivity contribution in [3.63, 3.8) is 0 Å². The summed E-state index contributed by atoms with van der Waals surface area (Å²) in [6.45, 7) is 7.06. The van der Waals surface area contributed by atoms with Gasteiger partial charge in [-0.25, -0.2) is 0 Å². The Hall–Kier alpha value is -1.44. The number of piperazine rings is 1. The van der Waals surface area contributed by atoms with Crippen molar-refractivity contribution in [2.75, 3.05) is 13.1 Å². The predicted octanol–water partition coefficient (Wildman–Crippen LogP) is 1.55. The van der Waals surface area contributed by atoms with Gasteiger partial charge in [-0.05, 0) is 26.0 Å². The van der Waals surface area contributed by atoms with Crippen molar-refractivity contribution < 1.29 is 0 Å². The molecule has 0 aromatic carbocycles. The average Bonchev–Trinajstić information content (AvgIpc) is 2.35. The maximum Gasteiger partial charge on any atom is 0.0638 e. The van der Waals surface area contributed by atoms with Gasteiger partial charge in [0, 0.05) is 37.4 Å². The van der Waals surface area contributed by atoms with E-state index in [1.807, 2.05) is 24.4 Å². The molecule has 1 aromatic heterocycles. The van der Waals surface area contributed by atoms with Gasteiger partial charge in [0.2, 0.25) is 0 Å². The van der Waals surface area contributed by atoms with E-state index < -0.39 is 0 Å². The lowest BCUT2D eigenvalue weighted by molar-refractivity contribution is 0.0300. The van der Waals surface area contributed by atoms with Gasteiger partial charge in [0.05, 0.1) is 18.2 Å². The molecule has 1 fully saturated rings. The quantitative estimate of drug-likeness (QED) is 0.876. The Kier molecular flexibility index (Phi) is 3.95. The summed E-state index contributed by atoms with van der Waals surface area (Å²) in [6.07, 6.45) is 2.38. The van der Waals surface area contributed by atoms with E-state index in [9.17, 15) is 0 Å². The number of pyridine rings is 1. The Morgan fingerprint density at radius 3 is 3.06 bits per heavy atom. The van der Waals surface area contributed by atoms with Crippen molar-refractivity contribution in [1.82, 2.24) is 15.2 Å². The molecular formula is C14H20N4. The van der Waals surface area contributed by atoms with Crippen LogP contribution in [0.15, 0.2) is 24.4 Å². The van der Waals surface area contributed by atoms with E-state index in [0.717, 1.165) is 25.3 Å². The highest BCUT2D eigenvalue weighted by molar-refractivity contribution is 5.06. The molecule has 0 saturated carbocycles. The normalized spacial score (nSPS) is 23.5. The molecule has 4 nitrogen and oxygen atoms in total. The van der Waals surface area contributed by atoms with Crippen molar-refractivity contribution in [3.8, 4) is 6.07 Å². The number of nitrogens with one attached hydrogen (secondary N) is 1. The minimum absolute atomic E-state index is 0.0529. The first-order chi connectivity index (χ1) is 8.63. The molecule has 0 radical (unpaired) electrons. The third kappa shape index (κ3) is 2.87. The summed E-state index contributed by atoms with van der Waals surface area (Å²) in [6, 6.07) is 8.54. The molecule has 1 aliphatic rings. The second-order valence-corrected chi connectivity index (χ2v) is 5.41. The molecule has 18 heavy (non-hydrogen) atoms. The van der Waals surface area contributed by atoms with E-state index in [1.54, 1.807) is 0 Å². The van der Waals surface area contributed by atoms with Crippen LogP contribution < -0.4 is 5.32 Å². The van der Waals surface area contributed by atoms with E-state index in [0.29, 0.717) is 6.42 Å². The van der Waals surface area contributed by atoms with Crippen molar-refractivity contribution in [1.29, 1.82) is 5.26 Å². The van der Waals surface area contributed by atoms with Gasteiger partial charge in [0.25, 0.3) is 0 Å². The molecule has 1 aromatic rings. The van der Waals surface area contributed by atoms with E-state index in [2.05, 4.69) is 35.1 Å². The van der Waals surface area contributed by atoms with E-state index in [-0.39, 0.29) is 11.6 Å². The fraction of sp³-hybridized carbons (Fsp3) is 0.571. The Bertz CT molecular complexity index is 421. The Labute approximate surface area is 109 Å². The van der Waals surface area contributed by atoms with Crippen molar-refractivity contribution >= 4 is 0 Å². The molecule has 0 bridgehead atoms. The zero-order valence-electron chi connectivity index (χ0n) is 11.1. The van der Waals surface area contributed by atoms with E-state index in [1.165, 1.54) is 0 Å². The predicted molar refractivity (Wildman–Crippen MR) is 70.7 cm³/mol. The van der Waals surface area contributed by atoms with Crippen LogP contribution >= 0.6 is 0 Å². The van der Waals surface area contributed by atoms with Crippen molar-refractivity contribution in [3.05, 3.63) is 30.1 Å². The van der Waals surface area contributed by atoms with Crippen LogP contribution in [0.25, 0.3) is 0 Å². The molecule has 0 spiro atoms. The molecule has 0 amide bonds. The molecule has 1 saturated heterocycles. The van der Waals surface area contributed by atoms with Crippen LogP contribution in [-0.2, 0) is 6.54 Å². The van der Waals surface area contributed by atoms with Gasteiger partial charge < -0.3 is 5.32 Å². The Morgan fingerprint density at radius 1 is 1.56 bits per heavy atom. The Balaban J connectivity index is 2.16. The lowest BCUT2D eigenvalue weighted by Crippen LogP contribution is -2.62. The highest BCUT2D eigenvalue weighted by Crippen LogP contribution is 2.24. The molecule has 0 aliphatic carbocycles. The molecular weight excluding hydrogens is 224 g/mol. The molecule has 1 aliphatic heterocycles. The minimum atomic E-state index is 0.0529. The molecule has 1 atom stereocenters. The number of hydrogen-bond acceptors (Lipinski definition) is 4. The third-order valence-corrected chi connectivity index (χ3v) is 3.54. The fourth-order valence-corrected chi connectivity index (χ4v) is 2.55. The minimum Gasteiger partial charge on any atom is -0.313 e. The zero-order valence-corrected chi connectivity index (χ0v) is 11.1. The van der Waals surface area contributed by atoms with Gasteiger partial charge in [0.1, 0.15) is 0 Å². The topological polar surface area (TPSA) is 52.0 Å². The van der Waals surface area contributed by atoms with Gasteiger partial charge in [0.15, 0.2) is 0 Å². The monoisotopic (exact) mass is 244 g/mol. The zero-order chi connectivity index (χ0) is 13.0. The van der Waals surface area contributed by atoms with Crippen LogP contribution in [0.1, 0.15) is 26.0 Å². The highest BCUT2D eigenvalue weighted by Gasteiger charge is 2.36. The van der Waals surface area contributed by atoms with E-state index >= 15 is 0 Å². The SMILES string of the molecule is CC1(C)CNCC(CC#N)N1Cc1ccccn1. The van der Waals surface area contributed by atoms with Crippen molar-refractivity contribution in [2.24, 2.45) is 0 Å². The second-order valence-electron chi connectivity index (χ2n) is 5.41. The van der Waals surface area contributed by atoms with Crippen LogP contribution in [0.4, 0.5) is 0 Å². The summed E-state index contributed by atoms with van der Waals surface area (Å²) < 4.78 is 0. The standard InChI is InChI=1S/C14H20N4/c1-14(2)11-16-9-13(6-7-15)18(14)10-12-5-3-4-8-17-12/h3-5,8,13,16H,6,9-11H2,1-2H3. The average molecular weight is 244 g/mol. The number of aromatic nitrogens is 1. The molecule has 96 valence electrons. The first kappa shape index (κ1) is 13.0. The summed E-state index contributed by atoms with van der Waals surface area (Å²) in [4.78, 5) is 6.79. The highest BCUT2D eigenvalue weighted by atomic mass is 15.3. The third-order valence-electron chi connectivity index (χ3n) is 3.54. The van der Waals surface area contributed by atoms with E-state index in [4.69, 9.17) is 5.26 Å². The van der Waals surface area contributed by atoms with Gasteiger partial charge in [-0.3, -0.25) is 9.88 Å². The van der Waals surface area contributed by atoms with Crippen LogP contribution in [0, 0.1) is 11.3 Å². The van der Waals surface area contributed by atoms with Crippen LogP contribution in [0.3, 0.4) is 0 Å². The lowest BCUT2D eigenvalue weighted by atomic mass is 9.94. The number of hydrogen-bond donors (Lipinski definition) is 1. The van der Waals surface area contributed by atoms with Crippen LogP contribution in [0.5, 0.6) is 0 Å². The van der Waals surface area contributed by atoms with Crippen LogP contribution in [0.2, 0.25) is 0 Å². The molecule has 2 heterocycles. The van der Waals surface area contributed by atoms with Gasteiger partial charge in [-0.15, -0.1) is 0 Å². The summed E-state index contributed by atoms with van der Waals surface area (Å²) in [5.41, 5.74) is 1.12. The first-order valence-corrected chi connectivity index (χ1v) is 6.38. The summed E-state index contributed by atoms with van der Waals surface area (Å²) in [7, 11) is 0. The summed E-state index contributed by atoms with van der Waals surface area (Å²) in [5, 5.41) is 12.4. The van der Waals surface area contributed by atoms with Gasteiger partial charge in [-0.2, -0.15) is 5.26 Å². The largest absolute Gasteiger partial charge is 0.313 e. The maximum absolute atomic E-state index is 8.95. The first-order valence-electron chi connectivity index (χ1n) is 6.38. The molecule has 4 heteroatoms. The molecule has 1 unspecified atom stereocenters. The van der Waals surface area contributed by atoms with Gasteiger partial charge in [-0.1, -0.05) is 6.07 Å². The number of nitrogens with zero attached hydrogens (tertiary/aromatic N) is 3. The Morgan fingerprint density at radius 2 is 2.39 bits per heavy atom. The summed E-state index contributed by atoms with van der Waals surface area (Å²) >= 11 is 0.